The number of aromatic nitrogens is 2. The van der Waals surface area contributed by atoms with Crippen LogP contribution in [0.1, 0.15) is 43.7 Å². The highest BCUT2D eigenvalue weighted by Crippen LogP contribution is 2.49. The molecule has 0 amide bonds. The molecule has 158 valence electrons. The Morgan fingerprint density at radius 1 is 1.17 bits per heavy atom. The maximum absolute atomic E-state index is 13.3. The predicted molar refractivity (Wildman–Crippen MR) is 117 cm³/mol. The summed E-state index contributed by atoms with van der Waals surface area (Å²) in [6, 6.07) is 5.42. The summed E-state index contributed by atoms with van der Waals surface area (Å²) >= 11 is 1.36. The lowest BCUT2D eigenvalue weighted by molar-refractivity contribution is -0.118. The van der Waals surface area contributed by atoms with Crippen LogP contribution >= 0.6 is 11.8 Å². The standard InChI is InChI=1S/C22H25N3O4S/c1-22(2)9-13-17(14(26)10-22)16(12-8-11(28-3)6-7-15(12)29-4)18-19(23-13)24-21(30-5)25-20(18)27/h6-8,16H,9-10H2,1-5H3,(H2,23,24,25,27). The van der Waals surface area contributed by atoms with E-state index in [-0.39, 0.29) is 16.8 Å². The third-order valence-electron chi connectivity index (χ3n) is 5.64. The summed E-state index contributed by atoms with van der Waals surface area (Å²) < 4.78 is 11.0. The molecule has 2 N–H and O–H groups in total. The lowest BCUT2D eigenvalue weighted by atomic mass is 9.69. The smallest absolute Gasteiger partial charge is 0.257 e. The quantitative estimate of drug-likeness (QED) is 0.567. The molecule has 1 aromatic heterocycles. The van der Waals surface area contributed by atoms with Gasteiger partial charge in [0.2, 0.25) is 0 Å². The van der Waals surface area contributed by atoms with Crippen molar-refractivity contribution in [1.29, 1.82) is 0 Å². The van der Waals surface area contributed by atoms with E-state index in [0.29, 0.717) is 52.0 Å². The van der Waals surface area contributed by atoms with E-state index in [0.717, 1.165) is 5.70 Å². The molecule has 1 unspecified atom stereocenters. The first-order valence-corrected chi connectivity index (χ1v) is 10.9. The third kappa shape index (κ3) is 3.39. The van der Waals surface area contributed by atoms with Gasteiger partial charge in [-0.25, -0.2) is 4.98 Å². The normalized spacial score (nSPS) is 19.6. The van der Waals surface area contributed by atoms with E-state index < -0.39 is 5.92 Å². The lowest BCUT2D eigenvalue weighted by Crippen LogP contribution is -2.37. The number of hydrogen-bond donors (Lipinski definition) is 2. The molecule has 0 saturated heterocycles. The van der Waals surface area contributed by atoms with Gasteiger partial charge < -0.3 is 19.8 Å². The zero-order chi connectivity index (χ0) is 21.6. The number of Topliss-reactive ketones (excluding diaryl/α,β-unsaturated/α-hetero) is 1. The molecule has 0 spiro atoms. The fourth-order valence-corrected chi connectivity index (χ4v) is 4.74. The Kier molecular flexibility index (Phi) is 5.13. The number of H-pyrrole nitrogens is 1. The van der Waals surface area contributed by atoms with Crippen molar-refractivity contribution in [1.82, 2.24) is 9.97 Å². The Morgan fingerprint density at radius 3 is 2.60 bits per heavy atom. The van der Waals surface area contributed by atoms with Crippen molar-refractivity contribution in [2.45, 2.75) is 37.8 Å². The van der Waals surface area contributed by atoms with Gasteiger partial charge >= 0.3 is 0 Å². The van der Waals surface area contributed by atoms with E-state index >= 15 is 0 Å². The molecule has 30 heavy (non-hydrogen) atoms. The average Bonchev–Trinajstić information content (AvgIpc) is 2.70. The predicted octanol–water partition coefficient (Wildman–Crippen LogP) is 3.71. The molecule has 1 aliphatic carbocycles. The van der Waals surface area contributed by atoms with Crippen LogP contribution in [0.5, 0.6) is 11.5 Å². The zero-order valence-electron chi connectivity index (χ0n) is 17.7. The number of hydrogen-bond acceptors (Lipinski definition) is 7. The summed E-state index contributed by atoms with van der Waals surface area (Å²) in [5.74, 6) is 1.15. The Balaban J connectivity index is 2.03. The van der Waals surface area contributed by atoms with Gasteiger partial charge in [0.15, 0.2) is 10.9 Å². The largest absolute Gasteiger partial charge is 0.497 e. The number of anilines is 1. The van der Waals surface area contributed by atoms with E-state index in [1.165, 1.54) is 11.8 Å². The molecule has 1 aliphatic heterocycles. The first-order chi connectivity index (χ1) is 14.3. The lowest BCUT2D eigenvalue weighted by Gasteiger charge is -2.38. The maximum atomic E-state index is 13.3. The highest BCUT2D eigenvalue weighted by molar-refractivity contribution is 7.98. The molecule has 0 radical (unpaired) electrons. The van der Waals surface area contributed by atoms with Gasteiger partial charge in [-0.1, -0.05) is 25.6 Å². The summed E-state index contributed by atoms with van der Waals surface area (Å²) in [5, 5.41) is 3.83. The van der Waals surface area contributed by atoms with Gasteiger partial charge in [-0.15, -0.1) is 0 Å². The highest BCUT2D eigenvalue weighted by atomic mass is 32.2. The van der Waals surface area contributed by atoms with E-state index in [9.17, 15) is 9.59 Å². The van der Waals surface area contributed by atoms with Crippen molar-refractivity contribution in [3.63, 3.8) is 0 Å². The zero-order valence-corrected chi connectivity index (χ0v) is 18.5. The number of fused-ring (bicyclic) bond motifs is 1. The Hall–Kier alpha value is -2.74. The summed E-state index contributed by atoms with van der Waals surface area (Å²) in [6.07, 6.45) is 2.97. The second-order valence-electron chi connectivity index (χ2n) is 8.34. The van der Waals surface area contributed by atoms with Gasteiger partial charge in [0.1, 0.15) is 17.3 Å². The second kappa shape index (κ2) is 7.50. The van der Waals surface area contributed by atoms with Crippen LogP contribution < -0.4 is 20.3 Å². The van der Waals surface area contributed by atoms with Crippen LogP contribution in [0.15, 0.2) is 39.4 Å². The number of thioether (sulfide) groups is 1. The van der Waals surface area contributed by atoms with Crippen molar-refractivity contribution in [3.8, 4) is 11.5 Å². The topological polar surface area (TPSA) is 93.3 Å². The minimum absolute atomic E-state index is 0.0302. The van der Waals surface area contributed by atoms with Crippen molar-refractivity contribution >= 4 is 23.4 Å². The van der Waals surface area contributed by atoms with Gasteiger partial charge in [-0.2, -0.15) is 0 Å². The van der Waals surface area contributed by atoms with Crippen LogP contribution in [0.25, 0.3) is 0 Å². The molecule has 0 bridgehead atoms. The summed E-state index contributed by atoms with van der Waals surface area (Å²) in [7, 11) is 3.16. The number of aromatic amines is 1. The van der Waals surface area contributed by atoms with Gasteiger partial charge in [0, 0.05) is 23.3 Å². The van der Waals surface area contributed by atoms with Crippen molar-refractivity contribution in [2.75, 3.05) is 25.8 Å². The van der Waals surface area contributed by atoms with E-state index in [1.807, 2.05) is 12.3 Å². The minimum Gasteiger partial charge on any atom is -0.497 e. The maximum Gasteiger partial charge on any atom is 0.257 e. The highest BCUT2D eigenvalue weighted by Gasteiger charge is 2.43. The molecule has 0 saturated carbocycles. The van der Waals surface area contributed by atoms with Gasteiger partial charge in [-0.3, -0.25) is 9.59 Å². The number of rotatable bonds is 4. The summed E-state index contributed by atoms with van der Waals surface area (Å²) in [4.78, 5) is 33.9. The van der Waals surface area contributed by atoms with Crippen molar-refractivity contribution in [2.24, 2.45) is 5.41 Å². The number of methoxy groups -OCH3 is 2. The van der Waals surface area contributed by atoms with E-state index in [1.54, 1.807) is 26.4 Å². The number of carbonyl (C=O) groups is 1. The van der Waals surface area contributed by atoms with E-state index in [2.05, 4.69) is 29.1 Å². The molecule has 1 aromatic carbocycles. The van der Waals surface area contributed by atoms with Crippen LogP contribution in [0.2, 0.25) is 0 Å². The summed E-state index contributed by atoms with van der Waals surface area (Å²) in [5.41, 5.74) is 2.13. The minimum atomic E-state index is -0.586. The number of nitrogens with zero attached hydrogens (tertiary/aromatic N) is 1. The Labute approximate surface area is 179 Å². The number of benzene rings is 1. The number of allylic oxidation sites excluding steroid dienone is 2. The van der Waals surface area contributed by atoms with Crippen LogP contribution in [0.4, 0.5) is 5.82 Å². The third-order valence-corrected chi connectivity index (χ3v) is 6.22. The first kappa shape index (κ1) is 20.5. The summed E-state index contributed by atoms with van der Waals surface area (Å²) in [6.45, 7) is 4.15. The van der Waals surface area contributed by atoms with Gasteiger partial charge in [0.05, 0.1) is 25.7 Å². The van der Waals surface area contributed by atoms with Gasteiger partial charge in [-0.05, 0) is 36.3 Å². The second-order valence-corrected chi connectivity index (χ2v) is 9.13. The molecule has 8 heteroatoms. The van der Waals surface area contributed by atoms with Crippen LogP contribution in [0, 0.1) is 5.41 Å². The molecule has 7 nitrogen and oxygen atoms in total. The van der Waals surface area contributed by atoms with Crippen molar-refractivity contribution in [3.05, 3.63) is 50.9 Å². The van der Waals surface area contributed by atoms with E-state index in [4.69, 9.17) is 9.47 Å². The monoisotopic (exact) mass is 427 g/mol. The van der Waals surface area contributed by atoms with Crippen LogP contribution in [-0.2, 0) is 4.79 Å². The number of ether oxygens (including phenoxy) is 2. The Morgan fingerprint density at radius 2 is 1.93 bits per heavy atom. The van der Waals surface area contributed by atoms with Gasteiger partial charge in [0.25, 0.3) is 5.56 Å². The number of ketones is 1. The SMILES string of the molecule is COc1ccc(OC)c(C2C3=C(CC(C)(C)CC3=O)Nc3nc(SC)[nH]c(=O)c32)c1. The fraction of sp³-hybridized carbons (Fsp3) is 0.409. The van der Waals surface area contributed by atoms with Crippen LogP contribution in [-0.4, -0.2) is 36.2 Å². The number of nitrogens with one attached hydrogen (secondary N) is 2. The average molecular weight is 428 g/mol. The number of carbonyl (C=O) groups excluding carboxylic acids is 1. The first-order valence-electron chi connectivity index (χ1n) is 9.71. The Bertz CT molecular complexity index is 1120. The molecule has 4 rings (SSSR count). The molecule has 2 aliphatic rings. The molecule has 1 atom stereocenters. The molecular formula is C22H25N3O4S. The molecule has 2 heterocycles. The molecule has 0 fully saturated rings. The van der Waals surface area contributed by atoms with Crippen molar-refractivity contribution < 1.29 is 14.3 Å². The molecular weight excluding hydrogens is 402 g/mol. The van der Waals surface area contributed by atoms with Crippen LogP contribution in [0.3, 0.4) is 0 Å². The fourth-order valence-electron chi connectivity index (χ4n) is 4.37. The molecule has 2 aromatic rings.